The molecule has 0 aliphatic rings. The molecule has 0 spiro atoms. The van der Waals surface area contributed by atoms with Crippen molar-refractivity contribution in [3.63, 3.8) is 0 Å². The van der Waals surface area contributed by atoms with Gasteiger partial charge in [0, 0.05) is 10.9 Å². The summed E-state index contributed by atoms with van der Waals surface area (Å²) in [6.07, 6.45) is 0. The Hall–Kier alpha value is 0.110. The van der Waals surface area contributed by atoms with E-state index in [-0.39, 0.29) is 5.82 Å². The standard InChI is InChI=1S/C8H7Br2F/c1-5-2-3-7(10)8(11)6(5)4-9/h2-3H,4H2,1H3. The SMILES string of the molecule is Cc1ccc(Br)c(F)c1CBr. The van der Waals surface area contributed by atoms with Crippen LogP contribution in [0.25, 0.3) is 0 Å². The molecule has 0 aromatic heterocycles. The third-order valence-corrected chi connectivity index (χ3v) is 2.74. The average molecular weight is 282 g/mol. The summed E-state index contributed by atoms with van der Waals surface area (Å²) in [7, 11) is 0. The highest BCUT2D eigenvalue weighted by Crippen LogP contribution is 2.23. The molecule has 3 heteroatoms. The van der Waals surface area contributed by atoms with Gasteiger partial charge in [0.15, 0.2) is 0 Å². The second kappa shape index (κ2) is 3.68. The molecule has 0 N–H and O–H groups in total. The number of benzene rings is 1. The zero-order valence-electron chi connectivity index (χ0n) is 6.00. The van der Waals surface area contributed by atoms with E-state index in [1.165, 1.54) is 0 Å². The van der Waals surface area contributed by atoms with Crippen molar-refractivity contribution in [2.45, 2.75) is 12.3 Å². The second-order valence-electron chi connectivity index (χ2n) is 2.29. The topological polar surface area (TPSA) is 0 Å². The van der Waals surface area contributed by atoms with Crippen molar-refractivity contribution in [1.82, 2.24) is 0 Å². The molecule has 0 nitrogen and oxygen atoms in total. The van der Waals surface area contributed by atoms with Gasteiger partial charge < -0.3 is 0 Å². The van der Waals surface area contributed by atoms with Crippen molar-refractivity contribution in [2.75, 3.05) is 0 Å². The molecule has 0 atom stereocenters. The van der Waals surface area contributed by atoms with Crippen LogP contribution in [0.15, 0.2) is 16.6 Å². The molecule has 0 saturated carbocycles. The smallest absolute Gasteiger partial charge is 0.141 e. The van der Waals surface area contributed by atoms with Crippen LogP contribution in [-0.4, -0.2) is 0 Å². The van der Waals surface area contributed by atoms with Gasteiger partial charge >= 0.3 is 0 Å². The Balaban J connectivity index is 3.29. The Morgan fingerprint density at radius 3 is 2.55 bits per heavy atom. The molecule has 1 aromatic carbocycles. The maximum Gasteiger partial charge on any atom is 0.141 e. The third-order valence-electron chi connectivity index (χ3n) is 1.56. The minimum atomic E-state index is -0.165. The quantitative estimate of drug-likeness (QED) is 0.687. The van der Waals surface area contributed by atoms with E-state index in [1.807, 2.05) is 13.0 Å². The highest BCUT2D eigenvalue weighted by atomic mass is 79.9. The molecule has 0 amide bonds. The molecule has 0 bridgehead atoms. The van der Waals surface area contributed by atoms with Crippen LogP contribution >= 0.6 is 31.9 Å². The Bertz CT molecular complexity index is 271. The van der Waals surface area contributed by atoms with E-state index >= 15 is 0 Å². The lowest BCUT2D eigenvalue weighted by atomic mass is 10.1. The molecule has 60 valence electrons. The first-order valence-electron chi connectivity index (χ1n) is 3.16. The van der Waals surface area contributed by atoms with Gasteiger partial charge in [-0.3, -0.25) is 0 Å². The number of hydrogen-bond acceptors (Lipinski definition) is 0. The van der Waals surface area contributed by atoms with Crippen LogP contribution < -0.4 is 0 Å². The number of rotatable bonds is 1. The molecule has 1 aromatic rings. The van der Waals surface area contributed by atoms with E-state index in [0.29, 0.717) is 9.80 Å². The summed E-state index contributed by atoms with van der Waals surface area (Å²) in [6.45, 7) is 1.89. The lowest BCUT2D eigenvalue weighted by Crippen LogP contribution is -1.91. The van der Waals surface area contributed by atoms with E-state index in [2.05, 4.69) is 31.9 Å². The molecule has 0 aliphatic carbocycles. The van der Waals surface area contributed by atoms with Gasteiger partial charge in [0.25, 0.3) is 0 Å². The van der Waals surface area contributed by atoms with Crippen LogP contribution in [0.3, 0.4) is 0 Å². The Labute approximate surface area is 82.1 Å². The summed E-state index contributed by atoms with van der Waals surface area (Å²) in [4.78, 5) is 0. The molecule has 0 saturated heterocycles. The van der Waals surface area contributed by atoms with Gasteiger partial charge in [-0.1, -0.05) is 22.0 Å². The number of alkyl halides is 1. The largest absolute Gasteiger partial charge is 0.205 e. The maximum atomic E-state index is 13.2. The van der Waals surface area contributed by atoms with Gasteiger partial charge in [-0.05, 0) is 34.5 Å². The molecular formula is C8H7Br2F. The summed E-state index contributed by atoms with van der Waals surface area (Å²) in [6, 6.07) is 3.61. The normalized spacial score (nSPS) is 10.2. The highest BCUT2D eigenvalue weighted by Gasteiger charge is 2.06. The van der Waals surface area contributed by atoms with Crippen LogP contribution in [0.4, 0.5) is 4.39 Å². The maximum absolute atomic E-state index is 13.2. The summed E-state index contributed by atoms with van der Waals surface area (Å²) >= 11 is 6.36. The van der Waals surface area contributed by atoms with Crippen molar-refractivity contribution in [3.8, 4) is 0 Å². The highest BCUT2D eigenvalue weighted by molar-refractivity contribution is 9.10. The van der Waals surface area contributed by atoms with Crippen molar-refractivity contribution in [3.05, 3.63) is 33.5 Å². The lowest BCUT2D eigenvalue weighted by molar-refractivity contribution is 0.609. The monoisotopic (exact) mass is 280 g/mol. The van der Waals surface area contributed by atoms with Gasteiger partial charge in [-0.25, -0.2) is 4.39 Å². The summed E-state index contributed by atoms with van der Waals surface area (Å²) in [5.41, 5.74) is 1.70. The predicted molar refractivity (Wildman–Crippen MR) is 51.5 cm³/mol. The molecule has 0 radical (unpaired) electrons. The molecule has 0 fully saturated rings. The summed E-state index contributed by atoms with van der Waals surface area (Å²) in [5, 5.41) is 0.560. The van der Waals surface area contributed by atoms with E-state index in [4.69, 9.17) is 0 Å². The van der Waals surface area contributed by atoms with Crippen molar-refractivity contribution in [1.29, 1.82) is 0 Å². The van der Waals surface area contributed by atoms with Crippen LogP contribution in [0.5, 0.6) is 0 Å². The van der Waals surface area contributed by atoms with Gasteiger partial charge in [0.2, 0.25) is 0 Å². The summed E-state index contributed by atoms with van der Waals surface area (Å²) < 4.78 is 13.7. The first kappa shape index (κ1) is 9.20. The minimum absolute atomic E-state index is 0.165. The van der Waals surface area contributed by atoms with Crippen LogP contribution in [0, 0.1) is 12.7 Å². The van der Waals surface area contributed by atoms with Crippen LogP contribution in [-0.2, 0) is 5.33 Å². The van der Waals surface area contributed by atoms with E-state index < -0.39 is 0 Å². The third kappa shape index (κ3) is 1.82. The molecule has 1 rings (SSSR count). The zero-order chi connectivity index (χ0) is 8.43. The first-order chi connectivity index (χ1) is 5.16. The number of hydrogen-bond donors (Lipinski definition) is 0. The first-order valence-corrected chi connectivity index (χ1v) is 5.07. The van der Waals surface area contributed by atoms with Crippen LogP contribution in [0.2, 0.25) is 0 Å². The Morgan fingerprint density at radius 1 is 1.45 bits per heavy atom. The minimum Gasteiger partial charge on any atom is -0.205 e. The van der Waals surface area contributed by atoms with Gasteiger partial charge in [0.1, 0.15) is 5.82 Å². The zero-order valence-corrected chi connectivity index (χ0v) is 9.17. The number of aryl methyl sites for hydroxylation is 1. The Kier molecular flexibility index (Phi) is 3.07. The average Bonchev–Trinajstić information content (AvgIpc) is 1.99. The van der Waals surface area contributed by atoms with Crippen molar-refractivity contribution in [2.24, 2.45) is 0 Å². The molecular weight excluding hydrogens is 275 g/mol. The molecule has 11 heavy (non-hydrogen) atoms. The fourth-order valence-corrected chi connectivity index (χ4v) is 1.91. The number of halogens is 3. The van der Waals surface area contributed by atoms with E-state index in [1.54, 1.807) is 6.07 Å². The van der Waals surface area contributed by atoms with Gasteiger partial charge in [-0.15, -0.1) is 0 Å². The molecule has 0 unspecified atom stereocenters. The summed E-state index contributed by atoms with van der Waals surface area (Å²) in [5.74, 6) is -0.165. The van der Waals surface area contributed by atoms with Crippen molar-refractivity contribution >= 4 is 31.9 Å². The Morgan fingerprint density at radius 2 is 2.09 bits per heavy atom. The fraction of sp³-hybridized carbons (Fsp3) is 0.250. The van der Waals surface area contributed by atoms with Gasteiger partial charge in [0.05, 0.1) is 4.47 Å². The fourth-order valence-electron chi connectivity index (χ4n) is 0.853. The molecule has 0 aliphatic heterocycles. The second-order valence-corrected chi connectivity index (χ2v) is 3.71. The van der Waals surface area contributed by atoms with Crippen LogP contribution in [0.1, 0.15) is 11.1 Å². The van der Waals surface area contributed by atoms with E-state index in [0.717, 1.165) is 11.1 Å². The predicted octanol–water partition coefficient (Wildman–Crippen LogP) is 3.79. The van der Waals surface area contributed by atoms with Gasteiger partial charge in [-0.2, -0.15) is 0 Å². The lowest BCUT2D eigenvalue weighted by Gasteiger charge is -2.04. The van der Waals surface area contributed by atoms with Crippen molar-refractivity contribution < 1.29 is 4.39 Å². The van der Waals surface area contributed by atoms with E-state index in [9.17, 15) is 4.39 Å². The molecule has 0 heterocycles.